The maximum Gasteiger partial charge on any atom is 0.249 e. The van der Waals surface area contributed by atoms with Crippen molar-refractivity contribution < 1.29 is 9.47 Å². The van der Waals surface area contributed by atoms with E-state index in [1.54, 1.807) is 20.4 Å². The fraction of sp³-hybridized carbons (Fsp3) is 0.286. The highest BCUT2D eigenvalue weighted by Crippen LogP contribution is 2.31. The SMILES string of the molecule is COc1ccc(Nc2nncc(Nc3c(C)cccc3C(C)C)n2)cc1OC. The molecule has 28 heavy (non-hydrogen) atoms. The summed E-state index contributed by atoms with van der Waals surface area (Å²) in [5, 5.41) is 14.7. The van der Waals surface area contributed by atoms with Crippen molar-refractivity contribution in [1.29, 1.82) is 0 Å². The van der Waals surface area contributed by atoms with Crippen LogP contribution in [-0.4, -0.2) is 29.4 Å². The van der Waals surface area contributed by atoms with Gasteiger partial charge in [-0.05, 0) is 36.1 Å². The lowest BCUT2D eigenvalue weighted by atomic mass is 9.98. The lowest BCUT2D eigenvalue weighted by molar-refractivity contribution is 0.355. The van der Waals surface area contributed by atoms with Crippen LogP contribution in [0.3, 0.4) is 0 Å². The average Bonchev–Trinajstić information content (AvgIpc) is 2.69. The van der Waals surface area contributed by atoms with Gasteiger partial charge in [-0.3, -0.25) is 0 Å². The molecule has 2 aromatic carbocycles. The third-order valence-electron chi connectivity index (χ3n) is 4.38. The van der Waals surface area contributed by atoms with E-state index in [0.29, 0.717) is 29.2 Å². The highest BCUT2D eigenvalue weighted by molar-refractivity contribution is 5.66. The zero-order valence-electron chi connectivity index (χ0n) is 16.8. The fourth-order valence-electron chi connectivity index (χ4n) is 2.93. The Morgan fingerprint density at radius 2 is 1.75 bits per heavy atom. The van der Waals surface area contributed by atoms with Crippen molar-refractivity contribution in [1.82, 2.24) is 15.2 Å². The van der Waals surface area contributed by atoms with Crippen LogP contribution in [0.2, 0.25) is 0 Å². The Bertz CT molecular complexity index is 959. The summed E-state index contributed by atoms with van der Waals surface area (Å²) < 4.78 is 10.6. The highest BCUT2D eigenvalue weighted by Gasteiger charge is 2.11. The van der Waals surface area contributed by atoms with Gasteiger partial charge in [0.2, 0.25) is 5.95 Å². The molecule has 146 valence electrons. The van der Waals surface area contributed by atoms with Gasteiger partial charge in [0.15, 0.2) is 17.3 Å². The van der Waals surface area contributed by atoms with Gasteiger partial charge >= 0.3 is 0 Å². The molecule has 3 rings (SSSR count). The van der Waals surface area contributed by atoms with Gasteiger partial charge < -0.3 is 20.1 Å². The molecule has 0 saturated heterocycles. The quantitative estimate of drug-likeness (QED) is 0.610. The molecule has 7 nitrogen and oxygen atoms in total. The molecule has 0 unspecified atom stereocenters. The molecule has 0 aliphatic heterocycles. The van der Waals surface area contributed by atoms with E-state index in [1.807, 2.05) is 18.2 Å². The zero-order valence-corrected chi connectivity index (χ0v) is 16.8. The van der Waals surface area contributed by atoms with E-state index < -0.39 is 0 Å². The van der Waals surface area contributed by atoms with Crippen LogP contribution in [0.5, 0.6) is 11.5 Å². The average molecular weight is 379 g/mol. The standard InChI is InChI=1S/C21H25N5O2/c1-13(2)16-8-6-7-14(3)20(16)24-19-12-22-26-21(25-19)23-15-9-10-17(27-4)18(11-15)28-5/h6-13H,1-5H3,(H2,23,24,25,26). The first-order valence-corrected chi connectivity index (χ1v) is 9.07. The Labute approximate surface area is 165 Å². The third-order valence-corrected chi connectivity index (χ3v) is 4.38. The van der Waals surface area contributed by atoms with Crippen LogP contribution in [-0.2, 0) is 0 Å². The molecule has 0 aliphatic carbocycles. The maximum atomic E-state index is 5.33. The van der Waals surface area contributed by atoms with E-state index in [9.17, 15) is 0 Å². The van der Waals surface area contributed by atoms with Gasteiger partial charge in [0.1, 0.15) is 0 Å². The second-order valence-electron chi connectivity index (χ2n) is 6.68. The number of aromatic nitrogens is 3. The van der Waals surface area contributed by atoms with Crippen molar-refractivity contribution in [2.24, 2.45) is 0 Å². The number of nitrogens with one attached hydrogen (secondary N) is 2. The Balaban J connectivity index is 1.84. The topological polar surface area (TPSA) is 81.2 Å². The molecule has 1 heterocycles. The van der Waals surface area contributed by atoms with Gasteiger partial charge in [-0.1, -0.05) is 32.0 Å². The first kappa shape index (κ1) is 19.4. The number of aryl methyl sites for hydroxylation is 1. The largest absolute Gasteiger partial charge is 0.493 e. The van der Waals surface area contributed by atoms with Gasteiger partial charge in [0, 0.05) is 17.4 Å². The molecule has 0 aliphatic rings. The van der Waals surface area contributed by atoms with Crippen molar-refractivity contribution >= 4 is 23.1 Å². The molecule has 0 radical (unpaired) electrons. The van der Waals surface area contributed by atoms with Crippen molar-refractivity contribution in [2.45, 2.75) is 26.7 Å². The summed E-state index contributed by atoms with van der Waals surface area (Å²) in [6.45, 7) is 6.41. The van der Waals surface area contributed by atoms with Crippen LogP contribution in [0.25, 0.3) is 0 Å². The van der Waals surface area contributed by atoms with Crippen molar-refractivity contribution in [3.63, 3.8) is 0 Å². The monoisotopic (exact) mass is 379 g/mol. The summed E-state index contributed by atoms with van der Waals surface area (Å²) >= 11 is 0. The number of para-hydroxylation sites is 1. The summed E-state index contributed by atoms with van der Waals surface area (Å²) in [5.74, 6) is 2.67. The number of ether oxygens (including phenoxy) is 2. The lowest BCUT2D eigenvalue weighted by Crippen LogP contribution is -2.05. The van der Waals surface area contributed by atoms with Gasteiger partial charge in [0.25, 0.3) is 0 Å². The van der Waals surface area contributed by atoms with Gasteiger partial charge in [0.05, 0.1) is 20.4 Å². The van der Waals surface area contributed by atoms with Crippen LogP contribution >= 0.6 is 0 Å². The highest BCUT2D eigenvalue weighted by atomic mass is 16.5. The number of rotatable bonds is 7. The molecule has 0 spiro atoms. The van der Waals surface area contributed by atoms with Crippen molar-refractivity contribution in [3.05, 3.63) is 53.7 Å². The predicted molar refractivity (Wildman–Crippen MR) is 111 cm³/mol. The first-order chi connectivity index (χ1) is 13.5. The van der Waals surface area contributed by atoms with E-state index in [2.05, 4.69) is 64.8 Å². The molecule has 2 N–H and O–H groups in total. The maximum absolute atomic E-state index is 5.33. The Morgan fingerprint density at radius 3 is 2.46 bits per heavy atom. The smallest absolute Gasteiger partial charge is 0.249 e. The molecule has 0 fully saturated rings. The number of hydrogen-bond acceptors (Lipinski definition) is 7. The minimum atomic E-state index is 0.386. The first-order valence-electron chi connectivity index (χ1n) is 9.07. The molecule has 3 aromatic rings. The molecular weight excluding hydrogens is 354 g/mol. The van der Waals surface area contributed by atoms with Crippen LogP contribution in [0, 0.1) is 6.92 Å². The van der Waals surface area contributed by atoms with Crippen molar-refractivity contribution in [2.75, 3.05) is 24.9 Å². The number of methoxy groups -OCH3 is 2. The predicted octanol–water partition coefficient (Wildman–Crippen LogP) is 4.81. The summed E-state index contributed by atoms with van der Waals surface area (Å²) in [4.78, 5) is 4.54. The number of benzene rings is 2. The number of anilines is 4. The minimum Gasteiger partial charge on any atom is -0.493 e. The van der Waals surface area contributed by atoms with E-state index in [0.717, 1.165) is 16.9 Å². The number of hydrogen-bond donors (Lipinski definition) is 2. The summed E-state index contributed by atoms with van der Waals surface area (Å²) in [7, 11) is 3.20. The van der Waals surface area contributed by atoms with E-state index in [-0.39, 0.29) is 0 Å². The molecule has 0 atom stereocenters. The molecule has 0 bridgehead atoms. The van der Waals surface area contributed by atoms with E-state index >= 15 is 0 Å². The normalized spacial score (nSPS) is 10.6. The Morgan fingerprint density at radius 1 is 0.964 bits per heavy atom. The summed E-state index contributed by atoms with van der Waals surface area (Å²) in [6.07, 6.45) is 1.61. The molecule has 0 saturated carbocycles. The van der Waals surface area contributed by atoms with Gasteiger partial charge in [-0.2, -0.15) is 10.1 Å². The molecule has 0 amide bonds. The third kappa shape index (κ3) is 4.31. The van der Waals surface area contributed by atoms with Crippen LogP contribution in [0.4, 0.5) is 23.1 Å². The summed E-state index contributed by atoms with van der Waals surface area (Å²) in [6, 6.07) is 11.8. The van der Waals surface area contributed by atoms with Gasteiger partial charge in [-0.15, -0.1) is 5.10 Å². The Kier molecular flexibility index (Phi) is 5.93. The fourth-order valence-corrected chi connectivity index (χ4v) is 2.93. The van der Waals surface area contributed by atoms with Crippen molar-refractivity contribution in [3.8, 4) is 11.5 Å². The number of nitrogens with zero attached hydrogens (tertiary/aromatic N) is 3. The summed E-state index contributed by atoms with van der Waals surface area (Å²) in [5.41, 5.74) is 4.21. The van der Waals surface area contributed by atoms with Gasteiger partial charge in [-0.25, -0.2) is 0 Å². The minimum absolute atomic E-state index is 0.386. The van der Waals surface area contributed by atoms with Crippen LogP contribution < -0.4 is 20.1 Å². The lowest BCUT2D eigenvalue weighted by Gasteiger charge is -2.17. The van der Waals surface area contributed by atoms with E-state index in [4.69, 9.17) is 9.47 Å². The second-order valence-corrected chi connectivity index (χ2v) is 6.68. The molecule has 1 aromatic heterocycles. The van der Waals surface area contributed by atoms with E-state index in [1.165, 1.54) is 5.56 Å². The molecular formula is C21H25N5O2. The second kappa shape index (κ2) is 8.56. The Hall–Kier alpha value is -3.35. The molecule has 7 heteroatoms. The van der Waals surface area contributed by atoms with Crippen LogP contribution in [0.15, 0.2) is 42.6 Å². The zero-order chi connectivity index (χ0) is 20.1. The van der Waals surface area contributed by atoms with Crippen LogP contribution in [0.1, 0.15) is 30.9 Å².